The lowest BCUT2D eigenvalue weighted by molar-refractivity contribution is -0.115. The summed E-state index contributed by atoms with van der Waals surface area (Å²) < 4.78 is 5.78. The molecule has 0 aliphatic carbocycles. The molecule has 114 valence electrons. The Bertz CT molecular complexity index is 597. The van der Waals surface area contributed by atoms with E-state index < -0.39 is 0 Å². The fraction of sp³-hybridized carbons (Fsp3) is 0.538. The molecule has 0 aliphatic heterocycles. The molecule has 0 saturated carbocycles. The molecule has 0 spiro atoms. The highest BCUT2D eigenvalue weighted by Crippen LogP contribution is 2.30. The van der Waals surface area contributed by atoms with Crippen LogP contribution in [0.1, 0.15) is 37.0 Å². The minimum absolute atomic E-state index is 0.0744. The lowest BCUT2D eigenvalue weighted by atomic mass is 10.2. The number of hydrogen-bond acceptors (Lipinski definition) is 7. The van der Waals surface area contributed by atoms with Gasteiger partial charge in [0.05, 0.1) is 5.25 Å². The molecule has 2 heterocycles. The van der Waals surface area contributed by atoms with Gasteiger partial charge in [0, 0.05) is 6.07 Å². The molecule has 8 heteroatoms. The second kappa shape index (κ2) is 7.56. The van der Waals surface area contributed by atoms with Crippen LogP contribution in [0.2, 0.25) is 0 Å². The van der Waals surface area contributed by atoms with Crippen molar-refractivity contribution < 1.29 is 9.32 Å². The predicted molar refractivity (Wildman–Crippen MR) is 83.7 cm³/mol. The highest BCUT2D eigenvalue weighted by Gasteiger charge is 2.22. The number of unbranched alkanes of at least 4 members (excludes halogenated alkanes) is 1. The standard InChI is InChI=1S/C13H18N4O2S2/c1-4-5-6-10(21-13-16-15-9(3)20-13)12(18)14-11-7-8(2)19-17-11/h7,10H,4-6H2,1-3H3,(H,14,17,18). The summed E-state index contributed by atoms with van der Waals surface area (Å²) in [6, 6.07) is 1.70. The SMILES string of the molecule is CCCCC(Sc1nnc(C)s1)C(=O)Nc1cc(C)on1. The number of nitrogens with zero attached hydrogens (tertiary/aromatic N) is 3. The Kier molecular flexibility index (Phi) is 5.75. The van der Waals surface area contributed by atoms with E-state index in [1.807, 2.05) is 6.92 Å². The van der Waals surface area contributed by atoms with E-state index in [4.69, 9.17) is 4.52 Å². The van der Waals surface area contributed by atoms with E-state index in [-0.39, 0.29) is 11.2 Å². The van der Waals surface area contributed by atoms with Crippen molar-refractivity contribution in [1.29, 1.82) is 0 Å². The van der Waals surface area contributed by atoms with Crippen LogP contribution in [0, 0.1) is 13.8 Å². The normalized spacial score (nSPS) is 12.3. The van der Waals surface area contributed by atoms with Crippen LogP contribution in [-0.4, -0.2) is 26.5 Å². The number of hydrogen-bond donors (Lipinski definition) is 1. The molecule has 21 heavy (non-hydrogen) atoms. The zero-order valence-corrected chi connectivity index (χ0v) is 13.9. The molecule has 2 aromatic heterocycles. The highest BCUT2D eigenvalue weighted by atomic mass is 32.2. The molecule has 0 aliphatic rings. The Morgan fingerprint density at radius 2 is 2.29 bits per heavy atom. The van der Waals surface area contributed by atoms with Crippen molar-refractivity contribution >= 4 is 34.8 Å². The van der Waals surface area contributed by atoms with Gasteiger partial charge in [-0.3, -0.25) is 4.79 Å². The van der Waals surface area contributed by atoms with Gasteiger partial charge in [0.25, 0.3) is 0 Å². The maximum Gasteiger partial charge on any atom is 0.239 e. The summed E-state index contributed by atoms with van der Waals surface area (Å²) in [4.78, 5) is 12.4. The topological polar surface area (TPSA) is 80.9 Å². The van der Waals surface area contributed by atoms with Crippen LogP contribution in [0.5, 0.6) is 0 Å². The van der Waals surface area contributed by atoms with Gasteiger partial charge in [-0.1, -0.05) is 48.0 Å². The van der Waals surface area contributed by atoms with Gasteiger partial charge in [0.1, 0.15) is 10.8 Å². The molecule has 2 rings (SSSR count). The van der Waals surface area contributed by atoms with Gasteiger partial charge in [-0.2, -0.15) is 0 Å². The van der Waals surface area contributed by atoms with E-state index in [1.165, 1.54) is 23.1 Å². The second-order valence-corrected chi connectivity index (χ2v) is 7.28. The maximum atomic E-state index is 12.4. The van der Waals surface area contributed by atoms with Crippen LogP contribution in [0.25, 0.3) is 0 Å². The van der Waals surface area contributed by atoms with E-state index in [0.717, 1.165) is 28.6 Å². The minimum Gasteiger partial charge on any atom is -0.360 e. The summed E-state index contributed by atoms with van der Waals surface area (Å²) >= 11 is 2.96. The van der Waals surface area contributed by atoms with Gasteiger partial charge < -0.3 is 9.84 Å². The highest BCUT2D eigenvalue weighted by molar-refractivity contribution is 8.02. The molecular weight excluding hydrogens is 308 g/mol. The summed E-state index contributed by atoms with van der Waals surface area (Å²) in [5, 5.41) is 15.3. The zero-order chi connectivity index (χ0) is 15.2. The molecule has 0 radical (unpaired) electrons. The molecule has 1 unspecified atom stereocenters. The maximum absolute atomic E-state index is 12.4. The van der Waals surface area contributed by atoms with Crippen LogP contribution in [-0.2, 0) is 4.79 Å². The van der Waals surface area contributed by atoms with Crippen molar-refractivity contribution in [1.82, 2.24) is 15.4 Å². The van der Waals surface area contributed by atoms with Crippen molar-refractivity contribution in [3.8, 4) is 0 Å². The number of aryl methyl sites for hydroxylation is 2. The molecule has 0 fully saturated rings. The molecule has 6 nitrogen and oxygen atoms in total. The number of carbonyl (C=O) groups is 1. The first kappa shape index (κ1) is 16.0. The van der Waals surface area contributed by atoms with E-state index in [2.05, 4.69) is 27.6 Å². The smallest absolute Gasteiger partial charge is 0.239 e. The van der Waals surface area contributed by atoms with Crippen molar-refractivity contribution in [2.45, 2.75) is 49.6 Å². The molecular formula is C13H18N4O2S2. The average Bonchev–Trinajstić information content (AvgIpc) is 3.03. The van der Waals surface area contributed by atoms with Crippen LogP contribution in [0.15, 0.2) is 14.9 Å². The number of rotatable bonds is 7. The van der Waals surface area contributed by atoms with Crippen molar-refractivity contribution in [2.75, 3.05) is 5.32 Å². The van der Waals surface area contributed by atoms with Gasteiger partial charge >= 0.3 is 0 Å². The lowest BCUT2D eigenvalue weighted by Gasteiger charge is -2.13. The summed E-state index contributed by atoms with van der Waals surface area (Å²) in [7, 11) is 0. The quantitative estimate of drug-likeness (QED) is 0.785. The van der Waals surface area contributed by atoms with Crippen molar-refractivity contribution in [2.24, 2.45) is 0 Å². The van der Waals surface area contributed by atoms with Gasteiger partial charge in [-0.05, 0) is 20.3 Å². The summed E-state index contributed by atoms with van der Waals surface area (Å²) in [5.74, 6) is 1.05. The number of nitrogens with one attached hydrogen (secondary N) is 1. The van der Waals surface area contributed by atoms with E-state index in [1.54, 1.807) is 13.0 Å². The second-order valence-electron chi connectivity index (χ2n) is 4.65. The predicted octanol–water partition coefficient (Wildman–Crippen LogP) is 3.43. The van der Waals surface area contributed by atoms with Gasteiger partial charge in [0.15, 0.2) is 10.2 Å². The van der Waals surface area contributed by atoms with Crippen molar-refractivity contribution in [3.05, 3.63) is 16.8 Å². The Labute approximate surface area is 131 Å². The summed E-state index contributed by atoms with van der Waals surface area (Å²) in [5.41, 5.74) is 0. The van der Waals surface area contributed by atoms with Crippen LogP contribution in [0.4, 0.5) is 5.82 Å². The first-order valence-electron chi connectivity index (χ1n) is 6.79. The molecule has 1 N–H and O–H groups in total. The first-order chi connectivity index (χ1) is 10.1. The minimum atomic E-state index is -0.200. The van der Waals surface area contributed by atoms with Crippen LogP contribution >= 0.6 is 23.1 Å². The Hall–Kier alpha value is -1.41. The molecule has 1 atom stereocenters. The lowest BCUT2D eigenvalue weighted by Crippen LogP contribution is -2.25. The Morgan fingerprint density at radius 1 is 1.48 bits per heavy atom. The third kappa shape index (κ3) is 4.82. The van der Waals surface area contributed by atoms with Gasteiger partial charge in [-0.15, -0.1) is 10.2 Å². The van der Waals surface area contributed by atoms with Gasteiger partial charge in [-0.25, -0.2) is 0 Å². The molecule has 0 aromatic carbocycles. The number of carbonyl (C=O) groups excluding carboxylic acids is 1. The molecule has 0 saturated heterocycles. The Balaban J connectivity index is 2.01. The monoisotopic (exact) mass is 326 g/mol. The largest absolute Gasteiger partial charge is 0.360 e. The first-order valence-corrected chi connectivity index (χ1v) is 8.49. The summed E-state index contributed by atoms with van der Waals surface area (Å²) in [6.07, 6.45) is 2.83. The fourth-order valence-corrected chi connectivity index (χ4v) is 3.81. The number of aromatic nitrogens is 3. The third-order valence-electron chi connectivity index (χ3n) is 2.74. The Morgan fingerprint density at radius 3 is 2.86 bits per heavy atom. The molecule has 2 aromatic rings. The average molecular weight is 326 g/mol. The van der Waals surface area contributed by atoms with E-state index in [0.29, 0.717) is 11.6 Å². The van der Waals surface area contributed by atoms with E-state index in [9.17, 15) is 4.79 Å². The number of thioether (sulfide) groups is 1. The zero-order valence-electron chi connectivity index (χ0n) is 12.3. The molecule has 0 bridgehead atoms. The van der Waals surface area contributed by atoms with E-state index >= 15 is 0 Å². The number of amides is 1. The molecule has 1 amide bonds. The van der Waals surface area contributed by atoms with Gasteiger partial charge in [0.2, 0.25) is 5.91 Å². The number of anilines is 1. The van der Waals surface area contributed by atoms with Crippen LogP contribution < -0.4 is 5.32 Å². The third-order valence-corrected chi connectivity index (χ3v) is 4.93. The van der Waals surface area contributed by atoms with Crippen molar-refractivity contribution in [3.63, 3.8) is 0 Å². The fourth-order valence-electron chi connectivity index (χ4n) is 1.71. The summed E-state index contributed by atoms with van der Waals surface area (Å²) in [6.45, 7) is 5.80. The van der Waals surface area contributed by atoms with Crippen LogP contribution in [0.3, 0.4) is 0 Å².